The molecule has 2 atom stereocenters. The highest BCUT2D eigenvalue weighted by atomic mass is 79.9. The van der Waals surface area contributed by atoms with Gasteiger partial charge in [0.05, 0.1) is 12.6 Å². The van der Waals surface area contributed by atoms with Crippen LogP contribution in [-0.4, -0.2) is 37.5 Å². The number of carbonyl (C=O) groups excluding carboxylic acids is 2. The topological polar surface area (TPSA) is 62.6 Å². The monoisotopic (exact) mass is 384 g/mol. The minimum atomic E-state index is -0.0827. The predicted molar refractivity (Wildman–Crippen MR) is 95.2 cm³/mol. The SMILES string of the molecule is CC[NH+](CC(=O)NC(C)C)CC(=O)N[C@@H](C)c1ccccc1Br. The average molecular weight is 385 g/mol. The largest absolute Gasteiger partial charge is 0.349 e. The molecule has 0 spiro atoms. The molecule has 0 bridgehead atoms. The van der Waals surface area contributed by atoms with Gasteiger partial charge >= 0.3 is 0 Å². The van der Waals surface area contributed by atoms with E-state index in [-0.39, 0.29) is 30.4 Å². The summed E-state index contributed by atoms with van der Waals surface area (Å²) >= 11 is 3.50. The van der Waals surface area contributed by atoms with E-state index in [0.717, 1.165) is 21.5 Å². The van der Waals surface area contributed by atoms with Crippen molar-refractivity contribution in [1.29, 1.82) is 0 Å². The van der Waals surface area contributed by atoms with Gasteiger partial charge in [0.25, 0.3) is 11.8 Å². The minimum Gasteiger partial charge on any atom is -0.349 e. The van der Waals surface area contributed by atoms with E-state index in [9.17, 15) is 9.59 Å². The molecule has 0 aliphatic heterocycles. The van der Waals surface area contributed by atoms with Crippen LogP contribution in [0, 0.1) is 0 Å². The summed E-state index contributed by atoms with van der Waals surface area (Å²) in [7, 11) is 0. The quantitative estimate of drug-likeness (QED) is 0.627. The highest BCUT2D eigenvalue weighted by Gasteiger charge is 2.19. The van der Waals surface area contributed by atoms with Crippen molar-refractivity contribution >= 4 is 27.7 Å². The number of amides is 2. The highest BCUT2D eigenvalue weighted by Crippen LogP contribution is 2.22. The standard InChI is InChI=1S/C17H26BrN3O2/c1-5-21(10-16(22)19-12(2)3)11-17(23)20-13(4)14-8-6-7-9-15(14)18/h6-9,12-13H,5,10-11H2,1-4H3,(H,19,22)(H,20,23)/p+1/t13-/m0/s1. The molecule has 1 aromatic rings. The third-order valence-corrected chi connectivity index (χ3v) is 4.24. The lowest BCUT2D eigenvalue weighted by atomic mass is 10.1. The smallest absolute Gasteiger partial charge is 0.275 e. The Kier molecular flexibility index (Phi) is 8.26. The fraction of sp³-hybridized carbons (Fsp3) is 0.529. The Morgan fingerprint density at radius 1 is 1.09 bits per heavy atom. The van der Waals surface area contributed by atoms with Crippen molar-refractivity contribution in [3.05, 3.63) is 34.3 Å². The second-order valence-corrected chi connectivity index (χ2v) is 6.84. The Balaban J connectivity index is 2.53. The maximum Gasteiger partial charge on any atom is 0.275 e. The van der Waals surface area contributed by atoms with Gasteiger partial charge in [-0.1, -0.05) is 34.1 Å². The van der Waals surface area contributed by atoms with E-state index in [4.69, 9.17) is 0 Å². The van der Waals surface area contributed by atoms with Gasteiger partial charge in [0.15, 0.2) is 13.1 Å². The summed E-state index contributed by atoms with van der Waals surface area (Å²) < 4.78 is 0.976. The summed E-state index contributed by atoms with van der Waals surface area (Å²) in [5.74, 6) is -0.0778. The lowest BCUT2D eigenvalue weighted by molar-refractivity contribution is -0.881. The molecular weight excluding hydrogens is 358 g/mol. The molecule has 0 saturated heterocycles. The third kappa shape index (κ3) is 7.14. The van der Waals surface area contributed by atoms with E-state index < -0.39 is 0 Å². The van der Waals surface area contributed by atoms with Gasteiger partial charge in [-0.05, 0) is 39.3 Å². The maximum absolute atomic E-state index is 12.2. The summed E-state index contributed by atoms with van der Waals surface area (Å²) in [6, 6.07) is 7.86. The number of quaternary nitrogens is 1. The highest BCUT2D eigenvalue weighted by molar-refractivity contribution is 9.10. The number of benzene rings is 1. The molecular formula is C17H27BrN3O2+. The van der Waals surface area contributed by atoms with E-state index in [0.29, 0.717) is 6.54 Å². The summed E-state index contributed by atoms with van der Waals surface area (Å²) in [5, 5.41) is 5.85. The second kappa shape index (κ2) is 9.67. The first-order valence-corrected chi connectivity index (χ1v) is 8.79. The van der Waals surface area contributed by atoms with Crippen LogP contribution < -0.4 is 15.5 Å². The van der Waals surface area contributed by atoms with Crippen LogP contribution in [0.4, 0.5) is 0 Å². The lowest BCUT2D eigenvalue weighted by Gasteiger charge is -2.20. The molecule has 0 fully saturated rings. The number of hydrogen-bond acceptors (Lipinski definition) is 2. The molecule has 5 nitrogen and oxygen atoms in total. The van der Waals surface area contributed by atoms with E-state index in [1.54, 1.807) is 0 Å². The molecule has 0 saturated carbocycles. The van der Waals surface area contributed by atoms with Crippen LogP contribution >= 0.6 is 15.9 Å². The van der Waals surface area contributed by atoms with Gasteiger partial charge in [0.1, 0.15) is 0 Å². The molecule has 23 heavy (non-hydrogen) atoms. The first kappa shape index (κ1) is 19.6. The number of likely N-dealkylation sites (N-methyl/N-ethyl adjacent to an activating group) is 1. The average Bonchev–Trinajstić information content (AvgIpc) is 2.45. The molecule has 1 unspecified atom stereocenters. The lowest BCUT2D eigenvalue weighted by Crippen LogP contribution is -3.14. The van der Waals surface area contributed by atoms with Crippen LogP contribution in [0.15, 0.2) is 28.7 Å². The zero-order valence-electron chi connectivity index (χ0n) is 14.3. The van der Waals surface area contributed by atoms with Crippen molar-refractivity contribution in [2.75, 3.05) is 19.6 Å². The van der Waals surface area contributed by atoms with Crippen molar-refractivity contribution < 1.29 is 14.5 Å². The minimum absolute atomic E-state index is 0.0245. The first-order valence-electron chi connectivity index (χ1n) is 8.00. The maximum atomic E-state index is 12.2. The molecule has 0 radical (unpaired) electrons. The number of rotatable bonds is 8. The zero-order valence-corrected chi connectivity index (χ0v) is 15.9. The normalized spacial score (nSPS) is 13.5. The molecule has 2 amide bonds. The van der Waals surface area contributed by atoms with Crippen LogP contribution in [0.5, 0.6) is 0 Å². The molecule has 0 aliphatic carbocycles. The Morgan fingerprint density at radius 2 is 1.65 bits per heavy atom. The molecule has 128 valence electrons. The van der Waals surface area contributed by atoms with E-state index in [1.165, 1.54) is 0 Å². The Hall–Kier alpha value is -1.40. The van der Waals surface area contributed by atoms with E-state index >= 15 is 0 Å². The number of halogens is 1. The molecule has 0 aliphatic rings. The van der Waals surface area contributed by atoms with E-state index in [2.05, 4.69) is 26.6 Å². The summed E-state index contributed by atoms with van der Waals surface area (Å²) in [6.45, 7) is 9.10. The van der Waals surface area contributed by atoms with Crippen LogP contribution in [0.2, 0.25) is 0 Å². The molecule has 0 aromatic heterocycles. The van der Waals surface area contributed by atoms with Crippen molar-refractivity contribution in [1.82, 2.24) is 10.6 Å². The summed E-state index contributed by atoms with van der Waals surface area (Å²) in [6.07, 6.45) is 0. The first-order chi connectivity index (χ1) is 10.8. The summed E-state index contributed by atoms with van der Waals surface area (Å²) in [5.41, 5.74) is 1.04. The molecule has 1 rings (SSSR count). The number of nitrogens with one attached hydrogen (secondary N) is 3. The number of carbonyl (C=O) groups is 2. The molecule has 6 heteroatoms. The fourth-order valence-electron chi connectivity index (χ4n) is 2.34. The van der Waals surface area contributed by atoms with Crippen molar-refractivity contribution in [3.8, 4) is 0 Å². The molecule has 3 N–H and O–H groups in total. The Bertz CT molecular complexity index is 534. The molecule has 1 aromatic carbocycles. The third-order valence-electron chi connectivity index (χ3n) is 3.52. The van der Waals surface area contributed by atoms with Gasteiger partial charge in [-0.3, -0.25) is 9.59 Å². The van der Waals surface area contributed by atoms with E-state index in [1.807, 2.05) is 52.0 Å². The van der Waals surface area contributed by atoms with Gasteiger partial charge < -0.3 is 15.5 Å². The van der Waals surface area contributed by atoms with Gasteiger partial charge in [-0.25, -0.2) is 0 Å². The van der Waals surface area contributed by atoms with Gasteiger partial charge in [0.2, 0.25) is 0 Å². The van der Waals surface area contributed by atoms with Crippen LogP contribution in [0.1, 0.15) is 39.3 Å². The zero-order chi connectivity index (χ0) is 17.4. The van der Waals surface area contributed by atoms with Crippen molar-refractivity contribution in [2.24, 2.45) is 0 Å². The predicted octanol–water partition coefficient (Wildman–Crippen LogP) is 1.06. The Morgan fingerprint density at radius 3 is 2.17 bits per heavy atom. The summed E-state index contributed by atoms with van der Waals surface area (Å²) in [4.78, 5) is 25.0. The van der Waals surface area contributed by atoms with Crippen LogP contribution in [0.3, 0.4) is 0 Å². The fourth-order valence-corrected chi connectivity index (χ4v) is 2.96. The van der Waals surface area contributed by atoms with Crippen LogP contribution in [0.25, 0.3) is 0 Å². The van der Waals surface area contributed by atoms with Crippen molar-refractivity contribution in [3.63, 3.8) is 0 Å². The second-order valence-electron chi connectivity index (χ2n) is 5.99. The van der Waals surface area contributed by atoms with Gasteiger partial charge in [0, 0.05) is 10.5 Å². The number of hydrogen-bond donors (Lipinski definition) is 3. The van der Waals surface area contributed by atoms with Gasteiger partial charge in [-0.15, -0.1) is 0 Å². The van der Waals surface area contributed by atoms with Gasteiger partial charge in [-0.2, -0.15) is 0 Å². The Labute approximate surface area is 146 Å². The molecule has 0 heterocycles. The van der Waals surface area contributed by atoms with Crippen molar-refractivity contribution in [2.45, 2.75) is 39.8 Å². The van der Waals surface area contributed by atoms with Crippen LogP contribution in [-0.2, 0) is 9.59 Å².